The van der Waals surface area contributed by atoms with Crippen LogP contribution < -0.4 is 0 Å². The minimum atomic E-state index is -0.0615. The first-order valence-corrected chi connectivity index (χ1v) is 5.89. The molecule has 3 nitrogen and oxygen atoms in total. The van der Waals surface area contributed by atoms with Gasteiger partial charge in [0.1, 0.15) is 5.71 Å². The Balaban J connectivity index is 2.37. The first-order chi connectivity index (χ1) is 7.71. The topological polar surface area (TPSA) is 49.7 Å². The Hall–Kier alpha value is -1.38. The molecule has 0 aliphatic heterocycles. The molecule has 1 unspecified atom stereocenters. The first kappa shape index (κ1) is 11.1. The summed E-state index contributed by atoms with van der Waals surface area (Å²) in [4.78, 5) is 11.8. The number of hydrogen-bond donors (Lipinski definition) is 1. The molecule has 0 saturated heterocycles. The Morgan fingerprint density at radius 1 is 1.38 bits per heavy atom. The van der Waals surface area contributed by atoms with E-state index in [2.05, 4.69) is 19.0 Å². The highest BCUT2D eigenvalue weighted by Crippen LogP contribution is 2.39. The van der Waals surface area contributed by atoms with Gasteiger partial charge in [-0.1, -0.05) is 30.7 Å². The molecular formula is C13H17NO2. The fourth-order valence-electron chi connectivity index (χ4n) is 2.68. The number of allylic oxidation sites excluding steroid dienone is 4. The summed E-state index contributed by atoms with van der Waals surface area (Å²) in [6.07, 6.45) is 5.59. The third-order valence-electron chi connectivity index (χ3n) is 3.61. The van der Waals surface area contributed by atoms with Crippen molar-refractivity contribution in [2.75, 3.05) is 0 Å². The first-order valence-electron chi connectivity index (χ1n) is 5.89. The van der Waals surface area contributed by atoms with Gasteiger partial charge < -0.3 is 5.21 Å². The maximum Gasteiger partial charge on any atom is 0.206 e. The number of carbonyl (C=O) groups is 1. The second-order valence-electron chi connectivity index (χ2n) is 4.42. The van der Waals surface area contributed by atoms with Crippen LogP contribution in [-0.2, 0) is 4.79 Å². The van der Waals surface area contributed by atoms with Gasteiger partial charge in [-0.25, -0.2) is 0 Å². The third kappa shape index (κ3) is 1.60. The molecule has 2 aliphatic rings. The molecule has 0 aromatic rings. The van der Waals surface area contributed by atoms with Crippen molar-refractivity contribution in [3.63, 3.8) is 0 Å². The molecule has 3 heteroatoms. The fraction of sp³-hybridized carbons (Fsp3) is 0.538. The molecule has 0 amide bonds. The van der Waals surface area contributed by atoms with E-state index in [0.717, 1.165) is 24.8 Å². The Labute approximate surface area is 95.5 Å². The minimum absolute atomic E-state index is 0.0615. The summed E-state index contributed by atoms with van der Waals surface area (Å²) in [6.45, 7) is 4.27. The molecule has 1 fully saturated rings. The van der Waals surface area contributed by atoms with Crippen molar-refractivity contribution in [1.82, 2.24) is 0 Å². The second-order valence-corrected chi connectivity index (χ2v) is 4.42. The quantitative estimate of drug-likeness (QED) is 0.573. The van der Waals surface area contributed by atoms with Crippen molar-refractivity contribution >= 4 is 11.5 Å². The van der Waals surface area contributed by atoms with E-state index < -0.39 is 0 Å². The number of fused-ring (bicyclic) bond motifs is 1. The van der Waals surface area contributed by atoms with Gasteiger partial charge in [-0.2, -0.15) is 0 Å². The predicted octanol–water partition coefficient (Wildman–Crippen LogP) is 2.85. The Morgan fingerprint density at radius 2 is 2.12 bits per heavy atom. The molecule has 1 atom stereocenters. The number of Topliss-reactive ketones (excluding diaryl/α,β-unsaturated/α-hetero) is 1. The van der Waals surface area contributed by atoms with Crippen molar-refractivity contribution < 1.29 is 10.0 Å². The zero-order valence-electron chi connectivity index (χ0n) is 9.79. The molecule has 1 saturated carbocycles. The van der Waals surface area contributed by atoms with E-state index in [9.17, 15) is 4.79 Å². The molecular weight excluding hydrogens is 202 g/mol. The number of ketones is 1. The maximum absolute atomic E-state index is 11.8. The zero-order valence-corrected chi connectivity index (χ0v) is 9.79. The predicted molar refractivity (Wildman–Crippen MR) is 62.6 cm³/mol. The lowest BCUT2D eigenvalue weighted by Crippen LogP contribution is -2.10. The van der Waals surface area contributed by atoms with Crippen LogP contribution in [0.3, 0.4) is 0 Å². The SMILES string of the molecule is CCC1=C(CC)CC2CC(=NO)C(=O)C2=C1. The van der Waals surface area contributed by atoms with E-state index in [-0.39, 0.29) is 11.7 Å². The number of hydrogen-bond acceptors (Lipinski definition) is 3. The number of carbonyl (C=O) groups excluding carboxylic acids is 1. The number of nitrogens with zero attached hydrogens (tertiary/aromatic N) is 1. The van der Waals surface area contributed by atoms with Crippen LogP contribution in [0.4, 0.5) is 0 Å². The van der Waals surface area contributed by atoms with Crippen LogP contribution >= 0.6 is 0 Å². The van der Waals surface area contributed by atoms with Crippen LogP contribution in [0, 0.1) is 5.92 Å². The van der Waals surface area contributed by atoms with Crippen LogP contribution in [0.1, 0.15) is 39.5 Å². The molecule has 0 aromatic heterocycles. The highest BCUT2D eigenvalue weighted by atomic mass is 16.4. The second kappa shape index (κ2) is 4.24. The number of oxime groups is 1. The van der Waals surface area contributed by atoms with Crippen molar-refractivity contribution in [2.45, 2.75) is 39.5 Å². The van der Waals surface area contributed by atoms with Gasteiger partial charge in [0.15, 0.2) is 0 Å². The van der Waals surface area contributed by atoms with Gasteiger partial charge in [-0.15, -0.1) is 0 Å². The maximum atomic E-state index is 11.8. The lowest BCUT2D eigenvalue weighted by atomic mass is 9.83. The molecule has 0 radical (unpaired) electrons. The van der Waals surface area contributed by atoms with Crippen LogP contribution in [-0.4, -0.2) is 16.7 Å². The molecule has 2 rings (SSSR count). The van der Waals surface area contributed by atoms with Crippen LogP contribution in [0.25, 0.3) is 0 Å². The monoisotopic (exact) mass is 219 g/mol. The molecule has 0 heterocycles. The summed E-state index contributed by atoms with van der Waals surface area (Å²) < 4.78 is 0. The fourth-order valence-corrected chi connectivity index (χ4v) is 2.68. The zero-order chi connectivity index (χ0) is 11.7. The van der Waals surface area contributed by atoms with Crippen molar-refractivity contribution in [2.24, 2.45) is 11.1 Å². The molecule has 16 heavy (non-hydrogen) atoms. The molecule has 2 aliphatic carbocycles. The van der Waals surface area contributed by atoms with E-state index in [1.165, 1.54) is 11.1 Å². The van der Waals surface area contributed by atoms with E-state index in [4.69, 9.17) is 5.21 Å². The van der Waals surface area contributed by atoms with Crippen LogP contribution in [0.5, 0.6) is 0 Å². The smallest absolute Gasteiger partial charge is 0.206 e. The Kier molecular flexibility index (Phi) is 2.95. The normalized spacial score (nSPS) is 27.4. The van der Waals surface area contributed by atoms with E-state index in [1.54, 1.807) is 0 Å². The van der Waals surface area contributed by atoms with Crippen molar-refractivity contribution in [3.8, 4) is 0 Å². The van der Waals surface area contributed by atoms with Crippen molar-refractivity contribution in [1.29, 1.82) is 0 Å². The average molecular weight is 219 g/mol. The van der Waals surface area contributed by atoms with Gasteiger partial charge in [-0.3, -0.25) is 4.79 Å². The minimum Gasteiger partial charge on any atom is -0.411 e. The van der Waals surface area contributed by atoms with E-state index in [1.807, 2.05) is 6.08 Å². The lowest BCUT2D eigenvalue weighted by molar-refractivity contribution is -0.109. The third-order valence-corrected chi connectivity index (χ3v) is 3.61. The molecule has 1 N–H and O–H groups in total. The van der Waals surface area contributed by atoms with Gasteiger partial charge in [0.25, 0.3) is 0 Å². The van der Waals surface area contributed by atoms with Gasteiger partial charge in [-0.05, 0) is 30.8 Å². The van der Waals surface area contributed by atoms with Crippen LogP contribution in [0.15, 0.2) is 28.0 Å². The molecule has 86 valence electrons. The summed E-state index contributed by atoms with van der Waals surface area (Å²) in [5.74, 6) is 0.192. The summed E-state index contributed by atoms with van der Waals surface area (Å²) >= 11 is 0. The Bertz CT molecular complexity index is 416. The molecule has 0 aromatic carbocycles. The highest BCUT2D eigenvalue weighted by Gasteiger charge is 2.37. The summed E-state index contributed by atoms with van der Waals surface area (Å²) in [5.41, 5.74) is 3.91. The number of rotatable bonds is 2. The van der Waals surface area contributed by atoms with Crippen molar-refractivity contribution in [3.05, 3.63) is 22.8 Å². The van der Waals surface area contributed by atoms with E-state index >= 15 is 0 Å². The standard InChI is InChI=1S/C13H17NO2/c1-3-8-5-10-7-12(14-16)13(15)11(10)6-9(8)4-2/h6,10,16H,3-5,7H2,1-2H3. The molecule has 0 spiro atoms. The lowest BCUT2D eigenvalue weighted by Gasteiger charge is -2.21. The van der Waals surface area contributed by atoms with Gasteiger partial charge in [0.05, 0.1) is 0 Å². The van der Waals surface area contributed by atoms with E-state index in [0.29, 0.717) is 12.1 Å². The van der Waals surface area contributed by atoms with Crippen LogP contribution in [0.2, 0.25) is 0 Å². The Morgan fingerprint density at radius 3 is 2.69 bits per heavy atom. The summed E-state index contributed by atoms with van der Waals surface area (Å²) in [7, 11) is 0. The van der Waals surface area contributed by atoms with Gasteiger partial charge >= 0.3 is 0 Å². The molecule has 0 bridgehead atoms. The highest BCUT2D eigenvalue weighted by molar-refractivity contribution is 6.48. The van der Waals surface area contributed by atoms with Gasteiger partial charge in [0.2, 0.25) is 5.78 Å². The summed E-state index contributed by atoms with van der Waals surface area (Å²) in [6, 6.07) is 0. The van der Waals surface area contributed by atoms with Gasteiger partial charge in [0, 0.05) is 12.0 Å². The summed E-state index contributed by atoms with van der Waals surface area (Å²) in [5, 5.41) is 11.9. The average Bonchev–Trinajstić information content (AvgIpc) is 2.63. The largest absolute Gasteiger partial charge is 0.411 e.